The fraction of sp³-hybridized carbons (Fsp3) is 0.667. The van der Waals surface area contributed by atoms with Gasteiger partial charge >= 0.3 is 0 Å². The summed E-state index contributed by atoms with van der Waals surface area (Å²) in [7, 11) is 0. The van der Waals surface area contributed by atoms with Crippen molar-refractivity contribution in [2.45, 2.75) is 39.4 Å². The van der Waals surface area contributed by atoms with Crippen LogP contribution in [0.4, 0.5) is 0 Å². The molecule has 1 aliphatic carbocycles. The second kappa shape index (κ2) is 7.31. The van der Waals surface area contributed by atoms with Crippen molar-refractivity contribution in [1.82, 2.24) is 24.1 Å². The van der Waals surface area contributed by atoms with Gasteiger partial charge < -0.3 is 4.90 Å². The highest BCUT2D eigenvalue weighted by Gasteiger charge is 2.29. The highest BCUT2D eigenvalue weighted by atomic mass is 32.1. The second-order valence-electron chi connectivity index (χ2n) is 7.64. The molecule has 0 unspecified atom stereocenters. The number of hydrogen-bond donors (Lipinski definition) is 0. The van der Waals surface area contributed by atoms with Crippen LogP contribution in [0.5, 0.6) is 0 Å². The molecular weight excluding hydrogens is 350 g/mol. The molecular formula is C18H27N5S2. The average molecular weight is 378 g/mol. The van der Waals surface area contributed by atoms with Crippen LogP contribution in [0.3, 0.4) is 0 Å². The van der Waals surface area contributed by atoms with Crippen LogP contribution in [0.2, 0.25) is 0 Å². The minimum atomic E-state index is 0.557. The Bertz CT molecular complexity index is 749. The van der Waals surface area contributed by atoms with E-state index in [2.05, 4.69) is 45.7 Å². The molecule has 5 nitrogen and oxygen atoms in total. The first-order valence-electron chi connectivity index (χ1n) is 9.29. The minimum Gasteiger partial charge on any atom is -0.301 e. The normalized spacial score (nSPS) is 19.8. The molecule has 0 amide bonds. The van der Waals surface area contributed by atoms with E-state index in [0.717, 1.165) is 49.4 Å². The summed E-state index contributed by atoms with van der Waals surface area (Å²) in [6.07, 6.45) is 2.46. The number of nitrogens with zero attached hydrogens (tertiary/aromatic N) is 5. The van der Waals surface area contributed by atoms with Gasteiger partial charge in [0.25, 0.3) is 0 Å². The SMILES string of the molecule is CC(C)CN1CCN(Cn2nc(-c3cccs3)n(C3CC3)c2=S)CC1. The minimum absolute atomic E-state index is 0.557. The Morgan fingerprint density at radius 1 is 1.20 bits per heavy atom. The lowest BCUT2D eigenvalue weighted by molar-refractivity contribution is 0.0950. The maximum Gasteiger partial charge on any atom is 0.199 e. The van der Waals surface area contributed by atoms with E-state index in [1.54, 1.807) is 11.3 Å². The summed E-state index contributed by atoms with van der Waals surface area (Å²) in [6.45, 7) is 11.1. The fourth-order valence-electron chi connectivity index (χ4n) is 3.57. The summed E-state index contributed by atoms with van der Waals surface area (Å²) in [5.74, 6) is 1.80. The van der Waals surface area contributed by atoms with Crippen molar-refractivity contribution in [3.05, 3.63) is 22.3 Å². The predicted molar refractivity (Wildman–Crippen MR) is 105 cm³/mol. The van der Waals surface area contributed by atoms with Gasteiger partial charge in [0.1, 0.15) is 0 Å². The molecule has 4 rings (SSSR count). The second-order valence-corrected chi connectivity index (χ2v) is 8.95. The van der Waals surface area contributed by atoms with Crippen molar-refractivity contribution in [2.24, 2.45) is 5.92 Å². The van der Waals surface area contributed by atoms with Crippen LogP contribution in [0.1, 0.15) is 32.7 Å². The third-order valence-electron chi connectivity index (χ3n) is 4.95. The van der Waals surface area contributed by atoms with E-state index in [4.69, 9.17) is 17.3 Å². The first-order valence-corrected chi connectivity index (χ1v) is 10.6. The average Bonchev–Trinajstić information content (AvgIpc) is 3.16. The molecule has 1 aliphatic heterocycles. The molecule has 3 heterocycles. The Labute approximate surface area is 158 Å². The van der Waals surface area contributed by atoms with E-state index in [9.17, 15) is 0 Å². The molecule has 25 heavy (non-hydrogen) atoms. The first-order chi connectivity index (χ1) is 12.1. The summed E-state index contributed by atoms with van der Waals surface area (Å²) in [5, 5.41) is 7.02. The third-order valence-corrected chi connectivity index (χ3v) is 6.22. The molecule has 1 saturated carbocycles. The maximum atomic E-state index is 5.78. The molecule has 0 aromatic carbocycles. The number of hydrogen-bond acceptors (Lipinski definition) is 5. The highest BCUT2D eigenvalue weighted by molar-refractivity contribution is 7.71. The molecule has 0 atom stereocenters. The van der Waals surface area contributed by atoms with Crippen molar-refractivity contribution in [3.63, 3.8) is 0 Å². The van der Waals surface area contributed by atoms with Gasteiger partial charge in [0.2, 0.25) is 0 Å². The predicted octanol–water partition coefficient (Wildman–Crippen LogP) is 3.71. The molecule has 2 aromatic rings. The standard InChI is InChI=1S/C18H27N5S2/c1-14(2)12-20-7-9-21(10-8-20)13-22-18(24)23(15-5-6-15)17(19-22)16-4-3-11-25-16/h3-4,11,14-15H,5-10,12-13H2,1-2H3. The maximum absolute atomic E-state index is 5.78. The van der Waals surface area contributed by atoms with E-state index in [-0.39, 0.29) is 0 Å². The van der Waals surface area contributed by atoms with Gasteiger partial charge in [-0.1, -0.05) is 19.9 Å². The zero-order chi connectivity index (χ0) is 17.4. The highest BCUT2D eigenvalue weighted by Crippen LogP contribution is 2.39. The Balaban J connectivity index is 1.48. The quantitative estimate of drug-likeness (QED) is 0.718. The van der Waals surface area contributed by atoms with Crippen molar-refractivity contribution in [2.75, 3.05) is 32.7 Å². The summed E-state index contributed by atoms with van der Waals surface area (Å²) < 4.78 is 5.22. The lowest BCUT2D eigenvalue weighted by Gasteiger charge is -2.35. The summed E-state index contributed by atoms with van der Waals surface area (Å²) >= 11 is 7.53. The monoisotopic (exact) mass is 377 g/mol. The Morgan fingerprint density at radius 3 is 2.52 bits per heavy atom. The van der Waals surface area contributed by atoms with Crippen molar-refractivity contribution in [3.8, 4) is 10.7 Å². The van der Waals surface area contributed by atoms with E-state index < -0.39 is 0 Å². The molecule has 7 heteroatoms. The molecule has 0 radical (unpaired) electrons. The van der Waals surface area contributed by atoms with Crippen LogP contribution in [-0.2, 0) is 6.67 Å². The van der Waals surface area contributed by atoms with Crippen molar-refractivity contribution in [1.29, 1.82) is 0 Å². The zero-order valence-electron chi connectivity index (χ0n) is 15.1. The molecule has 0 spiro atoms. The topological polar surface area (TPSA) is 29.2 Å². The first kappa shape index (κ1) is 17.4. The van der Waals surface area contributed by atoms with Gasteiger partial charge in [0.05, 0.1) is 11.5 Å². The molecule has 136 valence electrons. The lowest BCUT2D eigenvalue weighted by Crippen LogP contribution is -2.47. The largest absolute Gasteiger partial charge is 0.301 e. The van der Waals surface area contributed by atoms with Crippen molar-refractivity contribution < 1.29 is 0 Å². The Morgan fingerprint density at radius 2 is 1.92 bits per heavy atom. The van der Waals surface area contributed by atoms with E-state index in [1.807, 2.05) is 4.68 Å². The van der Waals surface area contributed by atoms with Crippen LogP contribution in [-0.4, -0.2) is 56.9 Å². The van der Waals surface area contributed by atoms with E-state index in [0.29, 0.717) is 6.04 Å². The third kappa shape index (κ3) is 3.89. The van der Waals surface area contributed by atoms with Crippen LogP contribution in [0.25, 0.3) is 10.7 Å². The van der Waals surface area contributed by atoms with E-state index >= 15 is 0 Å². The molecule has 0 bridgehead atoms. The van der Waals surface area contributed by atoms with Gasteiger partial charge in [-0.15, -0.1) is 16.4 Å². The van der Waals surface area contributed by atoms with Gasteiger partial charge in [0.15, 0.2) is 10.6 Å². The zero-order valence-corrected chi connectivity index (χ0v) is 16.7. The summed E-state index contributed by atoms with van der Waals surface area (Å²) in [6, 6.07) is 4.80. The fourth-order valence-corrected chi connectivity index (χ4v) is 4.61. The Hall–Kier alpha value is -1.02. The molecule has 2 fully saturated rings. The van der Waals surface area contributed by atoms with Gasteiger partial charge in [0, 0.05) is 38.8 Å². The summed E-state index contributed by atoms with van der Waals surface area (Å²) in [4.78, 5) is 6.27. The van der Waals surface area contributed by atoms with Gasteiger partial charge in [-0.05, 0) is 42.4 Å². The number of piperazine rings is 1. The molecule has 1 saturated heterocycles. The number of aromatic nitrogens is 3. The van der Waals surface area contributed by atoms with Crippen LogP contribution >= 0.6 is 23.6 Å². The molecule has 0 N–H and O–H groups in total. The molecule has 2 aromatic heterocycles. The van der Waals surface area contributed by atoms with Crippen LogP contribution in [0.15, 0.2) is 17.5 Å². The smallest absolute Gasteiger partial charge is 0.199 e. The van der Waals surface area contributed by atoms with Gasteiger partial charge in [-0.3, -0.25) is 9.47 Å². The number of thiophene rings is 1. The lowest BCUT2D eigenvalue weighted by atomic mass is 10.2. The van der Waals surface area contributed by atoms with Gasteiger partial charge in [-0.2, -0.15) is 0 Å². The van der Waals surface area contributed by atoms with Gasteiger partial charge in [-0.25, -0.2) is 4.68 Å². The van der Waals surface area contributed by atoms with Crippen LogP contribution < -0.4 is 0 Å². The Kier molecular flexibility index (Phi) is 5.08. The number of rotatable bonds is 6. The van der Waals surface area contributed by atoms with Crippen LogP contribution in [0, 0.1) is 10.7 Å². The van der Waals surface area contributed by atoms with E-state index in [1.165, 1.54) is 24.3 Å². The van der Waals surface area contributed by atoms with Crippen molar-refractivity contribution >= 4 is 23.6 Å². The molecule has 2 aliphatic rings. The summed E-state index contributed by atoms with van der Waals surface area (Å²) in [5.41, 5.74) is 0.